The number of nitrogens with zero attached hydrogens (tertiary/aromatic N) is 6. The Kier molecular flexibility index (Phi) is 14.9. The number of para-hydroxylation sites is 1. The molecule has 0 fully saturated rings. The van der Waals surface area contributed by atoms with Gasteiger partial charge in [0.2, 0.25) is 0 Å². The molecule has 10 aromatic carbocycles. The van der Waals surface area contributed by atoms with Gasteiger partial charge in [-0.3, -0.25) is 0 Å². The van der Waals surface area contributed by atoms with Crippen LogP contribution in [0.3, 0.4) is 0 Å². The van der Waals surface area contributed by atoms with Crippen LogP contribution in [0.25, 0.3) is 66.4 Å². The molecular formula is C100H106B2N6. The summed E-state index contributed by atoms with van der Waals surface area (Å²) in [5.74, 6) is 0. The fraction of sp³-hybridized carbons (Fsp3) is 0.320. The predicted octanol–water partition coefficient (Wildman–Crippen LogP) is 22.2. The van der Waals surface area contributed by atoms with Crippen molar-refractivity contribution in [3.8, 4) is 22.7 Å². The van der Waals surface area contributed by atoms with Gasteiger partial charge in [-0.1, -0.05) is 197 Å². The van der Waals surface area contributed by atoms with Crippen LogP contribution >= 0.6 is 0 Å². The Hall–Kier alpha value is -9.91. The molecule has 14 aromatic rings. The second-order valence-electron chi connectivity index (χ2n) is 38.8. The molecule has 0 aliphatic carbocycles. The summed E-state index contributed by atoms with van der Waals surface area (Å²) >= 11 is 0. The number of fused-ring (bicyclic) bond motifs is 8. The molecule has 0 atom stereocenters. The Labute approximate surface area is 642 Å². The predicted molar refractivity (Wildman–Crippen MR) is 467 cm³/mol. The minimum atomic E-state index is -0.265. The van der Waals surface area contributed by atoms with Crippen molar-refractivity contribution in [2.75, 3.05) is 9.80 Å². The summed E-state index contributed by atoms with van der Waals surface area (Å²) in [6, 6.07) is 70.2. The maximum absolute atomic E-state index is 2.67. The minimum absolute atomic E-state index is 0.0169. The van der Waals surface area contributed by atoms with Crippen molar-refractivity contribution in [2.45, 2.75) is 212 Å². The van der Waals surface area contributed by atoms with Crippen LogP contribution in [0.1, 0.15) is 202 Å². The maximum Gasteiger partial charge on any atom is 0.252 e. The van der Waals surface area contributed by atoms with Gasteiger partial charge in [0, 0.05) is 112 Å². The standard InChI is InChI=1S/C100H106B2N6/c1-56-60(5)103-85-51-75(52-86-89(85)101(81-47-67(97(15,16)17)43-77(56)91(81)103)82-48-68(98(18,19)20)44-78-57(2)61(6)104(86)92(78)82)107(71-29-27-26-28-30-71)72-37-31-64(32-38-72)55-100(24,25)70-46-80-59(4)63(8)106-88-54-76(108(73-39-33-65(34-40-73)95(9,10)11)74-41-35-66(36-42-74)96(12,13)14)53-87-90(88)102(84(50-70)94(80)106)83-49-69(99(21,22)23)45-79-58(3)62(7)105(87)93(79)83/h26-54H,55H2,1-25H3. The molecule has 0 amide bonds. The molecule has 0 spiro atoms. The fourth-order valence-electron chi connectivity index (χ4n) is 19.5. The highest BCUT2D eigenvalue weighted by Crippen LogP contribution is 2.48. The van der Waals surface area contributed by atoms with Gasteiger partial charge in [0.15, 0.2) is 0 Å². The third-order valence-electron chi connectivity index (χ3n) is 26.3. The first kappa shape index (κ1) is 69.8. The van der Waals surface area contributed by atoms with Gasteiger partial charge in [-0.2, -0.15) is 0 Å². The zero-order chi connectivity index (χ0) is 76.3. The van der Waals surface area contributed by atoms with Crippen molar-refractivity contribution in [1.82, 2.24) is 18.3 Å². The lowest BCUT2D eigenvalue weighted by atomic mass is 9.34. The highest BCUT2D eigenvalue weighted by Gasteiger charge is 2.46. The van der Waals surface area contributed by atoms with Gasteiger partial charge in [0.05, 0.1) is 11.4 Å². The largest absolute Gasteiger partial charge is 0.314 e. The molecule has 0 bridgehead atoms. The van der Waals surface area contributed by atoms with Crippen molar-refractivity contribution in [3.05, 3.63) is 260 Å². The first-order chi connectivity index (χ1) is 50.8. The van der Waals surface area contributed by atoms with Gasteiger partial charge >= 0.3 is 0 Å². The second-order valence-corrected chi connectivity index (χ2v) is 38.8. The van der Waals surface area contributed by atoms with Gasteiger partial charge in [0.25, 0.3) is 13.4 Å². The van der Waals surface area contributed by atoms with Crippen LogP contribution < -0.4 is 42.6 Å². The van der Waals surface area contributed by atoms with E-state index in [1.807, 2.05) is 0 Å². The molecule has 8 heterocycles. The SMILES string of the molecule is Cc1c(C)n2c3c(cc(C(C)(C)C)cc13)B1c3c-2cc(N(c2ccccc2)c2ccc(CC(C)(C)c4cc5c6c(c4)c(C)c(C)n6-c4cc(N(c6ccc(C(C)(C)C)cc6)c6ccc(C(C)(C)C)cc6)cc6c4B5c4cc(C(C)(C)C)cc5c(C)c(C)n-6c45)cc2)cc3-n2c(C)c(C)c3cc(C(C)(C)C)cc1c32. The maximum atomic E-state index is 2.67. The van der Waals surface area contributed by atoms with E-state index in [0.717, 1.165) is 40.5 Å². The molecule has 4 aliphatic heterocycles. The first-order valence-electron chi connectivity index (χ1n) is 39.8. The molecule has 542 valence electrons. The van der Waals surface area contributed by atoms with Crippen LogP contribution in [0.15, 0.2) is 176 Å². The molecule has 0 saturated heterocycles. The van der Waals surface area contributed by atoms with Gasteiger partial charge in [-0.15, -0.1) is 0 Å². The molecule has 8 heteroatoms. The molecule has 108 heavy (non-hydrogen) atoms. The number of hydrogen-bond acceptors (Lipinski definition) is 2. The van der Waals surface area contributed by atoms with Crippen molar-refractivity contribution < 1.29 is 0 Å². The minimum Gasteiger partial charge on any atom is -0.314 e. The normalized spacial score (nSPS) is 13.8. The van der Waals surface area contributed by atoms with E-state index in [2.05, 4.69) is 377 Å². The van der Waals surface area contributed by atoms with Gasteiger partial charge in [0.1, 0.15) is 0 Å². The molecular weight excluding hydrogens is 1310 g/mol. The molecule has 0 saturated carbocycles. The number of anilines is 6. The molecule has 6 nitrogen and oxygen atoms in total. The van der Waals surface area contributed by atoms with Crippen molar-refractivity contribution in [3.63, 3.8) is 0 Å². The van der Waals surface area contributed by atoms with E-state index in [9.17, 15) is 0 Å². The monoisotopic (exact) mass is 1410 g/mol. The summed E-state index contributed by atoms with van der Waals surface area (Å²) in [6.45, 7) is 59.2. The molecule has 4 aliphatic rings. The van der Waals surface area contributed by atoms with E-state index < -0.39 is 0 Å². The van der Waals surface area contributed by atoms with Crippen LogP contribution in [-0.4, -0.2) is 31.7 Å². The lowest BCUT2D eigenvalue weighted by Gasteiger charge is -2.37. The Morgan fingerprint density at radius 2 is 0.528 bits per heavy atom. The Morgan fingerprint density at radius 3 is 0.815 bits per heavy atom. The number of rotatable bonds is 9. The van der Waals surface area contributed by atoms with Crippen LogP contribution in [0.4, 0.5) is 34.1 Å². The molecule has 0 N–H and O–H groups in total. The molecule has 18 rings (SSSR count). The third kappa shape index (κ3) is 10.1. The van der Waals surface area contributed by atoms with Crippen LogP contribution in [-0.2, 0) is 38.9 Å². The second kappa shape index (κ2) is 23.1. The topological polar surface area (TPSA) is 26.2 Å². The van der Waals surface area contributed by atoms with Crippen LogP contribution in [0.5, 0.6) is 0 Å². The number of benzene rings is 10. The van der Waals surface area contributed by atoms with Crippen molar-refractivity contribution >= 4 is 124 Å². The highest BCUT2D eigenvalue weighted by molar-refractivity contribution is 7.01. The zero-order valence-electron chi connectivity index (χ0n) is 68.8. The molecule has 0 radical (unpaired) electrons. The zero-order valence-corrected chi connectivity index (χ0v) is 68.8. The van der Waals surface area contributed by atoms with Gasteiger partial charge in [-0.05, 0) is 285 Å². The Morgan fingerprint density at radius 1 is 0.269 bits per heavy atom. The van der Waals surface area contributed by atoms with E-state index in [-0.39, 0.29) is 45.9 Å². The Balaban J connectivity index is 0.790. The lowest BCUT2D eigenvalue weighted by Crippen LogP contribution is -2.60. The van der Waals surface area contributed by atoms with E-state index in [4.69, 9.17) is 0 Å². The van der Waals surface area contributed by atoms with Crippen LogP contribution in [0.2, 0.25) is 0 Å². The number of aromatic nitrogens is 4. The third-order valence-corrected chi connectivity index (χ3v) is 26.3. The van der Waals surface area contributed by atoms with Crippen molar-refractivity contribution in [1.29, 1.82) is 0 Å². The van der Waals surface area contributed by atoms with E-state index >= 15 is 0 Å². The van der Waals surface area contributed by atoms with E-state index in [0.29, 0.717) is 0 Å². The summed E-state index contributed by atoms with van der Waals surface area (Å²) < 4.78 is 10.6. The van der Waals surface area contributed by atoms with E-state index in [1.165, 1.54) is 183 Å². The molecule has 4 aromatic heterocycles. The first-order valence-corrected chi connectivity index (χ1v) is 39.8. The van der Waals surface area contributed by atoms with Crippen molar-refractivity contribution in [2.24, 2.45) is 0 Å². The fourth-order valence-corrected chi connectivity index (χ4v) is 19.5. The average molecular weight is 1410 g/mol. The Bertz CT molecular complexity index is 6010. The lowest BCUT2D eigenvalue weighted by molar-refractivity contribution is 0.523. The highest BCUT2D eigenvalue weighted by atomic mass is 15.2. The van der Waals surface area contributed by atoms with Gasteiger partial charge in [-0.25, -0.2) is 0 Å². The van der Waals surface area contributed by atoms with Crippen LogP contribution in [0, 0.1) is 55.4 Å². The summed E-state index contributed by atoms with van der Waals surface area (Å²) in [4.78, 5) is 5.04. The number of aryl methyl sites for hydroxylation is 4. The smallest absolute Gasteiger partial charge is 0.252 e. The summed E-state index contributed by atoms with van der Waals surface area (Å²) in [5.41, 5.74) is 45.3. The average Bonchev–Trinajstić information content (AvgIpc) is 1.46. The number of hydrogen-bond donors (Lipinski definition) is 0. The summed E-state index contributed by atoms with van der Waals surface area (Å²) in [5, 5.41) is 5.42. The summed E-state index contributed by atoms with van der Waals surface area (Å²) in [7, 11) is 0. The quantitative estimate of drug-likeness (QED) is 0.135. The van der Waals surface area contributed by atoms with Gasteiger partial charge < -0.3 is 28.1 Å². The van der Waals surface area contributed by atoms with E-state index in [1.54, 1.807) is 0 Å². The summed E-state index contributed by atoms with van der Waals surface area (Å²) in [6.07, 6.45) is 0.855. The molecule has 0 unspecified atom stereocenters.